The van der Waals surface area contributed by atoms with E-state index >= 15 is 0 Å². The molecule has 136 valence electrons. The summed E-state index contributed by atoms with van der Waals surface area (Å²) in [4.78, 5) is 34.3. The number of ketones is 1. The number of benzene rings is 2. The van der Waals surface area contributed by atoms with Gasteiger partial charge < -0.3 is 9.47 Å². The quantitative estimate of drug-likeness (QED) is 0.235. The summed E-state index contributed by atoms with van der Waals surface area (Å²) in [5, 5.41) is 11.3. The number of hydrogen-bond acceptors (Lipinski definition) is 6. The Balaban J connectivity index is 2.21. The molecule has 0 saturated heterocycles. The van der Waals surface area contributed by atoms with Crippen LogP contribution in [0.1, 0.15) is 35.7 Å². The van der Waals surface area contributed by atoms with Gasteiger partial charge in [-0.25, -0.2) is 0 Å². The molecule has 0 saturated carbocycles. The van der Waals surface area contributed by atoms with Crippen molar-refractivity contribution in [3.8, 4) is 11.5 Å². The van der Waals surface area contributed by atoms with Crippen LogP contribution in [0.15, 0.2) is 42.5 Å². The summed E-state index contributed by atoms with van der Waals surface area (Å²) >= 11 is 0. The molecule has 7 heteroatoms. The highest BCUT2D eigenvalue weighted by Gasteiger charge is 2.25. The van der Waals surface area contributed by atoms with Crippen LogP contribution in [0.4, 0.5) is 5.69 Å². The van der Waals surface area contributed by atoms with Crippen LogP contribution in [0.3, 0.4) is 0 Å². The number of carbonyl (C=O) groups is 2. The molecule has 0 fully saturated rings. The van der Waals surface area contributed by atoms with E-state index in [1.54, 1.807) is 0 Å². The molecule has 0 bridgehead atoms. The molecule has 0 heterocycles. The second-order valence-electron chi connectivity index (χ2n) is 5.63. The second-order valence-corrected chi connectivity index (χ2v) is 5.63. The van der Waals surface area contributed by atoms with E-state index in [4.69, 9.17) is 9.47 Å². The maximum Gasteiger partial charge on any atom is 0.308 e. The van der Waals surface area contributed by atoms with Crippen LogP contribution >= 0.6 is 0 Å². The van der Waals surface area contributed by atoms with Crippen LogP contribution in [0.5, 0.6) is 11.5 Å². The molecule has 0 aromatic heterocycles. The zero-order chi connectivity index (χ0) is 19.1. The number of ether oxygens (including phenoxy) is 2. The summed E-state index contributed by atoms with van der Waals surface area (Å²) in [6.07, 6.45) is 1.42. The summed E-state index contributed by atoms with van der Waals surface area (Å²) in [7, 11) is 1.33. The third-order valence-electron chi connectivity index (χ3n) is 3.74. The molecule has 0 unspecified atom stereocenters. The molecular weight excluding hydrogens is 338 g/mol. The van der Waals surface area contributed by atoms with E-state index in [9.17, 15) is 19.7 Å². The van der Waals surface area contributed by atoms with Gasteiger partial charge in [-0.15, -0.1) is 0 Å². The van der Waals surface area contributed by atoms with Crippen molar-refractivity contribution in [1.29, 1.82) is 0 Å². The third-order valence-corrected chi connectivity index (χ3v) is 3.74. The van der Waals surface area contributed by atoms with E-state index < -0.39 is 16.6 Å². The largest absolute Gasteiger partial charge is 0.493 e. The number of methoxy groups -OCH3 is 1. The van der Waals surface area contributed by atoms with E-state index in [0.717, 1.165) is 11.6 Å². The maximum absolute atomic E-state index is 12.5. The SMILES string of the molecule is COc1cc(C(=O)CCCc2ccccc2)c([N+](=O)[O-])cc1OC(C)=O. The van der Waals surface area contributed by atoms with Gasteiger partial charge in [-0.3, -0.25) is 19.7 Å². The maximum atomic E-state index is 12.5. The van der Waals surface area contributed by atoms with E-state index in [1.165, 1.54) is 20.1 Å². The summed E-state index contributed by atoms with van der Waals surface area (Å²) in [5.41, 5.74) is 0.625. The van der Waals surface area contributed by atoms with Crippen LogP contribution in [0.2, 0.25) is 0 Å². The number of hydrogen-bond donors (Lipinski definition) is 0. The Morgan fingerprint density at radius 3 is 2.38 bits per heavy atom. The number of nitro benzene ring substituents is 1. The molecule has 0 radical (unpaired) electrons. The van der Waals surface area contributed by atoms with Crippen molar-refractivity contribution in [2.45, 2.75) is 26.2 Å². The number of nitrogens with zero attached hydrogens (tertiary/aromatic N) is 1. The topological polar surface area (TPSA) is 95.7 Å². The molecular formula is C19H19NO6. The van der Waals surface area contributed by atoms with Crippen molar-refractivity contribution < 1.29 is 24.0 Å². The number of esters is 1. The van der Waals surface area contributed by atoms with Crippen molar-refractivity contribution in [2.24, 2.45) is 0 Å². The van der Waals surface area contributed by atoms with E-state index in [0.29, 0.717) is 12.8 Å². The van der Waals surface area contributed by atoms with Crippen LogP contribution in [0.25, 0.3) is 0 Å². The van der Waals surface area contributed by atoms with E-state index in [-0.39, 0.29) is 29.3 Å². The third kappa shape index (κ3) is 4.89. The summed E-state index contributed by atoms with van der Waals surface area (Å²) in [6.45, 7) is 1.17. The lowest BCUT2D eigenvalue weighted by Crippen LogP contribution is -2.08. The predicted octanol–water partition coefficient (Wildman–Crippen LogP) is 3.73. The van der Waals surface area contributed by atoms with Gasteiger partial charge in [0.25, 0.3) is 5.69 Å². The molecule has 2 aromatic rings. The molecule has 0 aliphatic heterocycles. The lowest BCUT2D eigenvalue weighted by Gasteiger charge is -2.10. The first kappa shape index (κ1) is 19.1. The molecule has 0 spiro atoms. The molecule has 0 atom stereocenters. The molecule has 26 heavy (non-hydrogen) atoms. The van der Waals surface area contributed by atoms with Gasteiger partial charge in [0.05, 0.1) is 23.7 Å². The average Bonchev–Trinajstić information content (AvgIpc) is 2.61. The second kappa shape index (κ2) is 8.75. The molecule has 0 aliphatic rings. The zero-order valence-corrected chi connectivity index (χ0v) is 14.6. The van der Waals surface area contributed by atoms with Crippen molar-refractivity contribution >= 4 is 17.4 Å². The van der Waals surface area contributed by atoms with Crippen LogP contribution < -0.4 is 9.47 Å². The van der Waals surface area contributed by atoms with Crippen LogP contribution in [-0.4, -0.2) is 23.8 Å². The van der Waals surface area contributed by atoms with Gasteiger partial charge in [-0.2, -0.15) is 0 Å². The molecule has 2 aromatic carbocycles. The number of rotatable bonds is 8. The monoisotopic (exact) mass is 357 g/mol. The zero-order valence-electron chi connectivity index (χ0n) is 14.6. The number of Topliss-reactive ketones (excluding diaryl/α,β-unsaturated/α-hetero) is 1. The Morgan fingerprint density at radius 1 is 1.12 bits per heavy atom. The highest BCUT2D eigenvalue weighted by Crippen LogP contribution is 2.35. The number of nitro groups is 1. The van der Waals surface area contributed by atoms with Gasteiger partial charge in [-0.1, -0.05) is 30.3 Å². The smallest absolute Gasteiger partial charge is 0.308 e. The molecule has 0 N–H and O–H groups in total. The van der Waals surface area contributed by atoms with Gasteiger partial charge in [0.15, 0.2) is 17.3 Å². The Morgan fingerprint density at radius 2 is 1.81 bits per heavy atom. The first-order chi connectivity index (χ1) is 12.4. The van der Waals surface area contributed by atoms with Crippen LogP contribution in [-0.2, 0) is 11.2 Å². The normalized spacial score (nSPS) is 10.2. The number of carbonyl (C=O) groups excluding carboxylic acids is 2. The van der Waals surface area contributed by atoms with E-state index in [2.05, 4.69) is 0 Å². The minimum absolute atomic E-state index is 0.0594. The summed E-state index contributed by atoms with van der Waals surface area (Å²) in [6, 6.07) is 12.0. The molecule has 7 nitrogen and oxygen atoms in total. The van der Waals surface area contributed by atoms with Crippen molar-refractivity contribution in [1.82, 2.24) is 0 Å². The Bertz CT molecular complexity index is 816. The first-order valence-corrected chi connectivity index (χ1v) is 8.04. The van der Waals surface area contributed by atoms with Gasteiger partial charge >= 0.3 is 5.97 Å². The highest BCUT2D eigenvalue weighted by atomic mass is 16.6. The summed E-state index contributed by atoms with van der Waals surface area (Å²) in [5.74, 6) is -0.996. The minimum atomic E-state index is -0.670. The molecule has 0 amide bonds. The minimum Gasteiger partial charge on any atom is -0.493 e. The summed E-state index contributed by atoms with van der Waals surface area (Å²) < 4.78 is 10.0. The standard InChI is InChI=1S/C19H19NO6/c1-13(21)26-19-12-16(20(23)24)15(11-18(19)25-2)17(22)10-6-9-14-7-4-3-5-8-14/h3-5,7-8,11-12H,6,9-10H2,1-2H3. The van der Waals surface area contributed by atoms with Gasteiger partial charge in [0, 0.05) is 19.4 Å². The van der Waals surface area contributed by atoms with Gasteiger partial charge in [-0.05, 0) is 18.4 Å². The fourth-order valence-corrected chi connectivity index (χ4v) is 2.55. The van der Waals surface area contributed by atoms with Crippen LogP contribution in [0, 0.1) is 10.1 Å². The lowest BCUT2D eigenvalue weighted by molar-refractivity contribution is -0.385. The van der Waals surface area contributed by atoms with E-state index in [1.807, 2.05) is 30.3 Å². The Hall–Kier alpha value is -3.22. The van der Waals surface area contributed by atoms with Gasteiger partial charge in [0.1, 0.15) is 0 Å². The lowest BCUT2D eigenvalue weighted by atomic mass is 10.0. The fourth-order valence-electron chi connectivity index (χ4n) is 2.55. The van der Waals surface area contributed by atoms with Crippen molar-refractivity contribution in [3.05, 3.63) is 63.7 Å². The Labute approximate surface area is 150 Å². The van der Waals surface area contributed by atoms with Crippen molar-refractivity contribution in [3.63, 3.8) is 0 Å². The average molecular weight is 357 g/mol. The van der Waals surface area contributed by atoms with Crippen molar-refractivity contribution in [2.75, 3.05) is 7.11 Å². The predicted molar refractivity (Wildman–Crippen MR) is 94.7 cm³/mol. The highest BCUT2D eigenvalue weighted by molar-refractivity contribution is 6.00. The van der Waals surface area contributed by atoms with Gasteiger partial charge in [0.2, 0.25) is 0 Å². The number of aryl methyl sites for hydroxylation is 1. The Kier molecular flexibility index (Phi) is 6.43. The molecule has 0 aliphatic carbocycles. The molecule has 2 rings (SSSR count). The fraction of sp³-hybridized carbons (Fsp3) is 0.263. The first-order valence-electron chi connectivity index (χ1n) is 8.04.